The quantitative estimate of drug-likeness (QED) is 0.555. The molecule has 102 valence electrons. The molecule has 0 aliphatic rings. The molecule has 1 N–H and O–H groups in total. The van der Waals surface area contributed by atoms with Crippen molar-refractivity contribution in [1.29, 1.82) is 0 Å². The number of aromatic hydroxyl groups is 1. The summed E-state index contributed by atoms with van der Waals surface area (Å²) < 4.78 is 38.6. The third kappa shape index (κ3) is 2.51. The van der Waals surface area contributed by atoms with Gasteiger partial charge in [-0.2, -0.15) is 5.11 Å². The number of phenols is 1. The van der Waals surface area contributed by atoms with E-state index in [0.717, 1.165) is 0 Å². The Bertz CT molecular complexity index is 1050. The number of carbonyl (C=O) groups excluding carboxylic acids is 1. The SMILES string of the molecule is [2H]c1c([2H])c([2H])c(N=Nc2c(O)c(C=O)cc3ccccc23)c([2H])c1[2H]. The van der Waals surface area contributed by atoms with E-state index in [1.165, 1.54) is 6.07 Å². The van der Waals surface area contributed by atoms with Crippen LogP contribution in [0.4, 0.5) is 11.4 Å². The van der Waals surface area contributed by atoms with E-state index in [1.807, 2.05) is 0 Å². The lowest BCUT2D eigenvalue weighted by Gasteiger charge is -2.06. The van der Waals surface area contributed by atoms with Gasteiger partial charge in [0.05, 0.1) is 18.1 Å². The molecule has 0 amide bonds. The molecule has 0 aliphatic carbocycles. The molecule has 4 heteroatoms. The number of hydrogen-bond donors (Lipinski definition) is 1. The summed E-state index contributed by atoms with van der Waals surface area (Å²) in [7, 11) is 0. The van der Waals surface area contributed by atoms with Gasteiger partial charge >= 0.3 is 0 Å². The van der Waals surface area contributed by atoms with Crippen LogP contribution < -0.4 is 0 Å². The number of phenolic OH excluding ortho intramolecular Hbond substituents is 1. The predicted molar refractivity (Wildman–Crippen MR) is 81.6 cm³/mol. The van der Waals surface area contributed by atoms with E-state index in [0.29, 0.717) is 17.1 Å². The van der Waals surface area contributed by atoms with Crippen molar-refractivity contribution in [1.82, 2.24) is 0 Å². The second kappa shape index (κ2) is 5.54. The minimum Gasteiger partial charge on any atom is -0.505 e. The maximum absolute atomic E-state index is 11.2. The molecule has 0 aromatic heterocycles. The van der Waals surface area contributed by atoms with E-state index >= 15 is 0 Å². The third-order valence-electron chi connectivity index (χ3n) is 2.89. The van der Waals surface area contributed by atoms with E-state index in [2.05, 4.69) is 10.2 Å². The number of fused-ring (bicyclic) bond motifs is 1. The van der Waals surface area contributed by atoms with Gasteiger partial charge in [0.15, 0.2) is 12.0 Å². The second-order valence-corrected chi connectivity index (χ2v) is 4.18. The number of hydrogen-bond acceptors (Lipinski definition) is 4. The Morgan fingerprint density at radius 1 is 1.10 bits per heavy atom. The number of aldehydes is 1. The van der Waals surface area contributed by atoms with E-state index in [-0.39, 0.29) is 16.9 Å². The van der Waals surface area contributed by atoms with Gasteiger partial charge in [-0.05, 0) is 23.5 Å². The van der Waals surface area contributed by atoms with Crippen LogP contribution in [0.1, 0.15) is 17.2 Å². The smallest absolute Gasteiger partial charge is 0.154 e. The van der Waals surface area contributed by atoms with Crippen molar-refractivity contribution in [3.05, 3.63) is 66.1 Å². The van der Waals surface area contributed by atoms with Crippen LogP contribution in [-0.2, 0) is 0 Å². The number of benzene rings is 3. The maximum Gasteiger partial charge on any atom is 0.154 e. The molecule has 0 radical (unpaired) electrons. The van der Waals surface area contributed by atoms with Crippen molar-refractivity contribution in [3.63, 3.8) is 0 Å². The summed E-state index contributed by atoms with van der Waals surface area (Å²) in [5.74, 6) is -0.394. The van der Waals surface area contributed by atoms with Gasteiger partial charge in [-0.25, -0.2) is 0 Å². The fraction of sp³-hybridized carbons (Fsp3) is 0. The average molecular weight is 281 g/mol. The Labute approximate surface area is 128 Å². The summed E-state index contributed by atoms with van der Waals surface area (Å²) in [5, 5.41) is 19.1. The van der Waals surface area contributed by atoms with E-state index in [1.54, 1.807) is 24.3 Å². The zero-order chi connectivity index (χ0) is 19.0. The monoisotopic (exact) mass is 281 g/mol. The van der Waals surface area contributed by atoms with Crippen molar-refractivity contribution < 1.29 is 16.8 Å². The fourth-order valence-electron chi connectivity index (χ4n) is 1.92. The first-order valence-corrected chi connectivity index (χ1v) is 6.05. The highest BCUT2D eigenvalue weighted by Crippen LogP contribution is 2.38. The number of azo groups is 1. The van der Waals surface area contributed by atoms with Crippen molar-refractivity contribution in [2.24, 2.45) is 10.2 Å². The molecule has 0 spiro atoms. The first-order chi connectivity index (χ1) is 12.4. The van der Waals surface area contributed by atoms with Crippen LogP contribution in [0.5, 0.6) is 5.75 Å². The number of carbonyl (C=O) groups is 1. The Morgan fingerprint density at radius 2 is 1.86 bits per heavy atom. The van der Waals surface area contributed by atoms with Gasteiger partial charge < -0.3 is 5.11 Å². The van der Waals surface area contributed by atoms with Crippen LogP contribution >= 0.6 is 0 Å². The molecule has 0 saturated carbocycles. The lowest BCUT2D eigenvalue weighted by atomic mass is 10.0. The molecule has 3 aromatic rings. The molecule has 21 heavy (non-hydrogen) atoms. The topological polar surface area (TPSA) is 62.0 Å². The lowest BCUT2D eigenvalue weighted by Crippen LogP contribution is -1.84. The zero-order valence-electron chi connectivity index (χ0n) is 15.7. The standard InChI is InChI=1S/C17H12N2O2/c20-11-13-10-12-6-4-5-9-15(12)16(17(13)21)19-18-14-7-2-1-3-8-14/h1-11,21H/i1D,2D,3D,7D,8D. The molecular formula is C17H12N2O2. The van der Waals surface area contributed by atoms with Gasteiger partial charge in [0.2, 0.25) is 0 Å². The van der Waals surface area contributed by atoms with E-state index < -0.39 is 36.0 Å². The van der Waals surface area contributed by atoms with Crippen LogP contribution in [0, 0.1) is 0 Å². The summed E-state index contributed by atoms with van der Waals surface area (Å²) >= 11 is 0. The molecule has 0 saturated heterocycles. The Morgan fingerprint density at radius 3 is 2.62 bits per heavy atom. The van der Waals surface area contributed by atoms with Crippen LogP contribution in [0.2, 0.25) is 0 Å². The van der Waals surface area contributed by atoms with Crippen LogP contribution in [0.15, 0.2) is 70.8 Å². The summed E-state index contributed by atoms with van der Waals surface area (Å²) in [6.45, 7) is 0. The second-order valence-electron chi connectivity index (χ2n) is 4.18. The third-order valence-corrected chi connectivity index (χ3v) is 2.89. The molecule has 0 aliphatic heterocycles. The average Bonchev–Trinajstić information content (AvgIpc) is 2.65. The molecule has 0 bridgehead atoms. The molecule has 3 aromatic carbocycles. The molecule has 0 atom stereocenters. The maximum atomic E-state index is 11.2. The summed E-state index contributed by atoms with van der Waals surface area (Å²) in [6.07, 6.45) is 0.478. The Balaban J connectivity index is 2.25. The number of rotatable bonds is 3. The molecular weight excluding hydrogens is 264 g/mol. The van der Waals surface area contributed by atoms with Crippen molar-refractivity contribution in [2.75, 3.05) is 0 Å². The zero-order valence-corrected chi connectivity index (χ0v) is 10.7. The highest BCUT2D eigenvalue weighted by molar-refractivity contribution is 6.01. The first kappa shape index (κ1) is 8.32. The van der Waals surface area contributed by atoms with Crippen LogP contribution in [0.3, 0.4) is 0 Å². The first-order valence-electron chi connectivity index (χ1n) is 8.55. The molecule has 0 unspecified atom stereocenters. The lowest BCUT2D eigenvalue weighted by molar-refractivity contribution is 0.112. The van der Waals surface area contributed by atoms with E-state index in [9.17, 15) is 9.90 Å². The minimum absolute atomic E-state index is 0.0127. The van der Waals surface area contributed by atoms with Crippen LogP contribution in [0.25, 0.3) is 10.8 Å². The summed E-state index contributed by atoms with van der Waals surface area (Å²) in [5.41, 5.74) is -0.355. The van der Waals surface area contributed by atoms with Gasteiger partial charge in [-0.15, -0.1) is 5.11 Å². The van der Waals surface area contributed by atoms with Crippen molar-refractivity contribution in [3.8, 4) is 5.75 Å². The van der Waals surface area contributed by atoms with Crippen LogP contribution in [-0.4, -0.2) is 11.4 Å². The fourth-order valence-corrected chi connectivity index (χ4v) is 1.92. The van der Waals surface area contributed by atoms with Crippen molar-refractivity contribution in [2.45, 2.75) is 0 Å². The van der Waals surface area contributed by atoms with Gasteiger partial charge in [-0.1, -0.05) is 42.4 Å². The Hall–Kier alpha value is -3.01. The summed E-state index contributed by atoms with van der Waals surface area (Å²) in [6, 6.07) is 5.76. The molecule has 0 fully saturated rings. The van der Waals surface area contributed by atoms with Gasteiger partial charge in [0.1, 0.15) is 5.69 Å². The van der Waals surface area contributed by atoms with Crippen molar-refractivity contribution >= 4 is 28.4 Å². The van der Waals surface area contributed by atoms with Gasteiger partial charge in [-0.3, -0.25) is 4.79 Å². The number of nitrogens with zero attached hydrogens (tertiary/aromatic N) is 2. The minimum atomic E-state index is -0.532. The van der Waals surface area contributed by atoms with Gasteiger partial charge in [0.25, 0.3) is 0 Å². The summed E-state index contributed by atoms with van der Waals surface area (Å²) in [4.78, 5) is 11.2. The molecule has 4 nitrogen and oxygen atoms in total. The molecule has 0 heterocycles. The van der Waals surface area contributed by atoms with Gasteiger partial charge in [0, 0.05) is 5.39 Å². The largest absolute Gasteiger partial charge is 0.505 e. The Kier molecular flexibility index (Phi) is 2.20. The van der Waals surface area contributed by atoms with E-state index in [4.69, 9.17) is 6.85 Å². The highest BCUT2D eigenvalue weighted by Gasteiger charge is 2.11. The normalized spacial score (nSPS) is 14.4. The molecule has 3 rings (SSSR count). The predicted octanol–water partition coefficient (Wildman–Crippen LogP) is 4.77. The highest BCUT2D eigenvalue weighted by atomic mass is 16.3.